The SMILES string of the molecule is C/C=C(/C)CC/C(=C\C)OCC. The van der Waals surface area contributed by atoms with Crippen molar-refractivity contribution in [1.82, 2.24) is 0 Å². The number of allylic oxidation sites excluding steroid dienone is 4. The zero-order valence-electron chi connectivity index (χ0n) is 8.68. The van der Waals surface area contributed by atoms with Crippen LogP contribution in [0.3, 0.4) is 0 Å². The summed E-state index contributed by atoms with van der Waals surface area (Å²) >= 11 is 0. The quantitative estimate of drug-likeness (QED) is 0.449. The predicted octanol–water partition coefficient (Wildman–Crippen LogP) is 3.67. The average molecular weight is 168 g/mol. The van der Waals surface area contributed by atoms with Crippen molar-refractivity contribution in [3.8, 4) is 0 Å². The van der Waals surface area contributed by atoms with Crippen LogP contribution in [-0.2, 0) is 4.74 Å². The molecule has 0 aromatic carbocycles. The highest BCUT2D eigenvalue weighted by atomic mass is 16.5. The standard InChI is InChI=1S/C11H20O/c1-5-10(4)8-9-11(6-2)12-7-3/h5-6H,7-9H2,1-4H3/b10-5-,11-6+. The van der Waals surface area contributed by atoms with Gasteiger partial charge in [0.05, 0.1) is 12.4 Å². The number of hydrogen-bond acceptors (Lipinski definition) is 1. The number of rotatable bonds is 5. The summed E-state index contributed by atoms with van der Waals surface area (Å²) in [5.41, 5.74) is 1.43. The zero-order valence-corrected chi connectivity index (χ0v) is 8.68. The number of ether oxygens (including phenoxy) is 1. The fraction of sp³-hybridized carbons (Fsp3) is 0.636. The third kappa shape index (κ3) is 5.00. The maximum absolute atomic E-state index is 5.42. The van der Waals surface area contributed by atoms with Crippen LogP contribution in [-0.4, -0.2) is 6.61 Å². The van der Waals surface area contributed by atoms with Gasteiger partial charge in [0.25, 0.3) is 0 Å². The third-order valence-corrected chi connectivity index (χ3v) is 1.91. The Balaban J connectivity index is 3.74. The summed E-state index contributed by atoms with van der Waals surface area (Å²) in [6.07, 6.45) is 6.34. The first-order chi connectivity index (χ1) is 5.74. The third-order valence-electron chi connectivity index (χ3n) is 1.91. The molecule has 0 radical (unpaired) electrons. The molecule has 0 amide bonds. The Morgan fingerprint density at radius 2 is 1.83 bits per heavy atom. The van der Waals surface area contributed by atoms with Gasteiger partial charge in [-0.1, -0.05) is 11.6 Å². The van der Waals surface area contributed by atoms with Gasteiger partial charge in [-0.05, 0) is 40.2 Å². The molecule has 12 heavy (non-hydrogen) atoms. The average Bonchev–Trinajstić information content (AvgIpc) is 2.11. The van der Waals surface area contributed by atoms with Crippen LogP contribution in [0.4, 0.5) is 0 Å². The monoisotopic (exact) mass is 168 g/mol. The van der Waals surface area contributed by atoms with Crippen LogP contribution in [0.25, 0.3) is 0 Å². The highest BCUT2D eigenvalue weighted by molar-refractivity contribution is 5.00. The first kappa shape index (κ1) is 11.3. The molecule has 0 atom stereocenters. The Labute approximate surface area is 76.1 Å². The molecule has 0 aliphatic carbocycles. The van der Waals surface area contributed by atoms with Crippen molar-refractivity contribution in [3.05, 3.63) is 23.5 Å². The summed E-state index contributed by atoms with van der Waals surface area (Å²) in [4.78, 5) is 0. The molecule has 0 aromatic heterocycles. The fourth-order valence-electron chi connectivity index (χ4n) is 0.950. The van der Waals surface area contributed by atoms with E-state index < -0.39 is 0 Å². The van der Waals surface area contributed by atoms with Gasteiger partial charge in [-0.2, -0.15) is 0 Å². The van der Waals surface area contributed by atoms with E-state index in [1.807, 2.05) is 19.9 Å². The summed E-state index contributed by atoms with van der Waals surface area (Å²) in [6.45, 7) is 9.04. The minimum absolute atomic E-state index is 0.772. The highest BCUT2D eigenvalue weighted by Crippen LogP contribution is 2.11. The highest BCUT2D eigenvalue weighted by Gasteiger charge is 1.96. The van der Waals surface area contributed by atoms with E-state index >= 15 is 0 Å². The molecule has 70 valence electrons. The Bertz CT molecular complexity index is 166. The molecule has 1 nitrogen and oxygen atoms in total. The zero-order chi connectivity index (χ0) is 9.40. The van der Waals surface area contributed by atoms with Crippen LogP contribution in [0.15, 0.2) is 23.5 Å². The Morgan fingerprint density at radius 3 is 2.25 bits per heavy atom. The topological polar surface area (TPSA) is 9.23 Å². The van der Waals surface area contributed by atoms with Crippen molar-refractivity contribution in [1.29, 1.82) is 0 Å². The van der Waals surface area contributed by atoms with Gasteiger partial charge in [0.2, 0.25) is 0 Å². The fourth-order valence-corrected chi connectivity index (χ4v) is 0.950. The van der Waals surface area contributed by atoms with E-state index in [1.165, 1.54) is 5.57 Å². The second kappa shape index (κ2) is 6.96. The normalized spacial score (nSPS) is 13.3. The van der Waals surface area contributed by atoms with Crippen molar-refractivity contribution in [2.24, 2.45) is 0 Å². The van der Waals surface area contributed by atoms with Gasteiger partial charge in [-0.3, -0.25) is 0 Å². The molecule has 0 rings (SSSR count). The van der Waals surface area contributed by atoms with Gasteiger partial charge in [-0.15, -0.1) is 0 Å². The lowest BCUT2D eigenvalue weighted by molar-refractivity contribution is 0.218. The van der Waals surface area contributed by atoms with Crippen LogP contribution in [0.5, 0.6) is 0 Å². The summed E-state index contributed by atoms with van der Waals surface area (Å²) < 4.78 is 5.42. The van der Waals surface area contributed by atoms with E-state index in [2.05, 4.69) is 19.9 Å². The summed E-state index contributed by atoms with van der Waals surface area (Å²) in [7, 11) is 0. The van der Waals surface area contributed by atoms with Crippen LogP contribution in [0.2, 0.25) is 0 Å². The van der Waals surface area contributed by atoms with E-state index in [1.54, 1.807) is 0 Å². The van der Waals surface area contributed by atoms with Crippen LogP contribution in [0.1, 0.15) is 40.5 Å². The van der Waals surface area contributed by atoms with Crippen LogP contribution >= 0.6 is 0 Å². The van der Waals surface area contributed by atoms with Crippen LogP contribution < -0.4 is 0 Å². The lowest BCUT2D eigenvalue weighted by atomic mass is 10.1. The molecular formula is C11H20O. The Kier molecular flexibility index (Phi) is 6.54. The van der Waals surface area contributed by atoms with Gasteiger partial charge in [0.15, 0.2) is 0 Å². The van der Waals surface area contributed by atoms with E-state index in [-0.39, 0.29) is 0 Å². The molecule has 0 aliphatic rings. The maximum atomic E-state index is 5.42. The van der Waals surface area contributed by atoms with Crippen molar-refractivity contribution in [2.75, 3.05) is 6.61 Å². The van der Waals surface area contributed by atoms with Crippen molar-refractivity contribution < 1.29 is 4.74 Å². The van der Waals surface area contributed by atoms with E-state index in [0.717, 1.165) is 25.2 Å². The molecule has 0 saturated heterocycles. The lowest BCUT2D eigenvalue weighted by Gasteiger charge is -2.07. The van der Waals surface area contributed by atoms with Crippen molar-refractivity contribution in [2.45, 2.75) is 40.5 Å². The number of hydrogen-bond donors (Lipinski definition) is 0. The first-order valence-corrected chi connectivity index (χ1v) is 4.64. The molecule has 0 spiro atoms. The second-order valence-electron chi connectivity index (χ2n) is 2.82. The second-order valence-corrected chi connectivity index (χ2v) is 2.82. The molecule has 1 heteroatoms. The summed E-state index contributed by atoms with van der Waals surface area (Å²) in [5, 5.41) is 0. The molecule has 0 aliphatic heterocycles. The van der Waals surface area contributed by atoms with Crippen molar-refractivity contribution in [3.63, 3.8) is 0 Å². The molecule has 0 N–H and O–H groups in total. The molecule has 0 heterocycles. The minimum atomic E-state index is 0.772. The minimum Gasteiger partial charge on any atom is -0.499 e. The molecule has 0 bridgehead atoms. The van der Waals surface area contributed by atoms with Gasteiger partial charge >= 0.3 is 0 Å². The van der Waals surface area contributed by atoms with E-state index in [4.69, 9.17) is 4.74 Å². The maximum Gasteiger partial charge on any atom is 0.0920 e. The largest absolute Gasteiger partial charge is 0.499 e. The van der Waals surface area contributed by atoms with Gasteiger partial charge in [-0.25, -0.2) is 0 Å². The van der Waals surface area contributed by atoms with Gasteiger partial charge < -0.3 is 4.74 Å². The summed E-state index contributed by atoms with van der Waals surface area (Å²) in [6, 6.07) is 0. The van der Waals surface area contributed by atoms with E-state index in [0.29, 0.717) is 0 Å². The summed E-state index contributed by atoms with van der Waals surface area (Å²) in [5.74, 6) is 1.11. The smallest absolute Gasteiger partial charge is 0.0920 e. The molecule has 0 fully saturated rings. The van der Waals surface area contributed by atoms with Crippen molar-refractivity contribution >= 4 is 0 Å². The predicted molar refractivity (Wildman–Crippen MR) is 54.0 cm³/mol. The Hall–Kier alpha value is -0.720. The lowest BCUT2D eigenvalue weighted by Crippen LogP contribution is -1.91. The first-order valence-electron chi connectivity index (χ1n) is 4.64. The molecule has 0 aromatic rings. The molecule has 0 saturated carbocycles. The van der Waals surface area contributed by atoms with E-state index in [9.17, 15) is 0 Å². The molecular weight excluding hydrogens is 148 g/mol. The molecule has 0 unspecified atom stereocenters. The van der Waals surface area contributed by atoms with Crippen LogP contribution in [0, 0.1) is 0 Å². The van der Waals surface area contributed by atoms with Gasteiger partial charge in [0, 0.05) is 6.42 Å². The Morgan fingerprint density at radius 1 is 1.17 bits per heavy atom. The van der Waals surface area contributed by atoms with Gasteiger partial charge in [0.1, 0.15) is 0 Å².